The molecule has 18 heavy (non-hydrogen) atoms. The van der Waals surface area contributed by atoms with Gasteiger partial charge in [-0.1, -0.05) is 0 Å². The van der Waals surface area contributed by atoms with Gasteiger partial charge in [0.1, 0.15) is 0 Å². The lowest BCUT2D eigenvalue weighted by atomic mass is 9.92. The van der Waals surface area contributed by atoms with Gasteiger partial charge in [-0.25, -0.2) is 0 Å². The lowest BCUT2D eigenvalue weighted by molar-refractivity contribution is -0.122. The molecule has 0 radical (unpaired) electrons. The summed E-state index contributed by atoms with van der Waals surface area (Å²) in [4.78, 5) is 11.8. The molecule has 0 aromatic rings. The highest BCUT2D eigenvalue weighted by Crippen LogP contribution is 2.19. The maximum Gasteiger partial charge on any atom is 0.220 e. The fraction of sp³-hybridized carbons (Fsp3) is 0.923. The number of hydrogen-bond donors (Lipinski definition) is 2. The van der Waals surface area contributed by atoms with Crippen LogP contribution < -0.4 is 11.1 Å². The van der Waals surface area contributed by atoms with E-state index in [0.717, 1.165) is 51.6 Å². The summed E-state index contributed by atoms with van der Waals surface area (Å²) in [5.41, 5.74) is 5.84. The Balaban J connectivity index is 0.00000162. The maximum atomic E-state index is 11.8. The number of nitrogens with two attached hydrogens (primary N) is 1. The van der Waals surface area contributed by atoms with Gasteiger partial charge in [0.05, 0.1) is 6.10 Å². The van der Waals surface area contributed by atoms with Crippen LogP contribution in [0.1, 0.15) is 51.4 Å². The molecular weight excluding hydrogens is 252 g/mol. The van der Waals surface area contributed by atoms with E-state index in [0.29, 0.717) is 24.6 Å². The van der Waals surface area contributed by atoms with Gasteiger partial charge in [-0.3, -0.25) is 4.79 Å². The number of carbonyl (C=O) groups excluding carboxylic acids is 1. The Hall–Kier alpha value is -0.320. The van der Waals surface area contributed by atoms with Crippen LogP contribution in [-0.4, -0.2) is 30.7 Å². The molecule has 2 rings (SSSR count). The standard InChI is InChI=1S/C13H24N2O2.ClH/c14-10-3-5-11(6-4-10)15-13(16)8-7-12-2-1-9-17-12;/h10-12H,1-9,14H2,(H,15,16);1H. The van der Waals surface area contributed by atoms with Crippen LogP contribution in [0.15, 0.2) is 0 Å². The van der Waals surface area contributed by atoms with Crippen molar-refractivity contribution in [1.82, 2.24) is 5.32 Å². The minimum Gasteiger partial charge on any atom is -0.378 e. The summed E-state index contributed by atoms with van der Waals surface area (Å²) in [5, 5.41) is 3.11. The van der Waals surface area contributed by atoms with E-state index in [4.69, 9.17) is 10.5 Å². The predicted molar refractivity (Wildman–Crippen MR) is 73.8 cm³/mol. The van der Waals surface area contributed by atoms with E-state index in [9.17, 15) is 4.79 Å². The van der Waals surface area contributed by atoms with Gasteiger partial charge in [-0.15, -0.1) is 12.4 Å². The summed E-state index contributed by atoms with van der Waals surface area (Å²) in [6, 6.07) is 0.696. The van der Waals surface area contributed by atoms with Crippen molar-refractivity contribution in [3.63, 3.8) is 0 Å². The molecule has 2 fully saturated rings. The molecule has 106 valence electrons. The number of amides is 1. The molecule has 1 heterocycles. The Morgan fingerprint density at radius 2 is 1.94 bits per heavy atom. The molecule has 1 atom stereocenters. The van der Waals surface area contributed by atoms with E-state index in [1.807, 2.05) is 0 Å². The molecule has 0 aromatic carbocycles. The molecule has 1 unspecified atom stereocenters. The summed E-state index contributed by atoms with van der Waals surface area (Å²) in [6.45, 7) is 0.868. The average Bonchev–Trinajstić information content (AvgIpc) is 2.83. The molecule has 0 aromatic heterocycles. The second-order valence-electron chi connectivity index (χ2n) is 5.35. The van der Waals surface area contributed by atoms with Crippen LogP contribution >= 0.6 is 12.4 Å². The number of rotatable bonds is 4. The monoisotopic (exact) mass is 276 g/mol. The second kappa shape index (κ2) is 7.97. The molecule has 1 aliphatic carbocycles. The van der Waals surface area contributed by atoms with E-state index in [1.54, 1.807) is 0 Å². The highest BCUT2D eigenvalue weighted by atomic mass is 35.5. The lowest BCUT2D eigenvalue weighted by Crippen LogP contribution is -2.40. The molecule has 3 N–H and O–H groups in total. The van der Waals surface area contributed by atoms with Crippen molar-refractivity contribution in [3.8, 4) is 0 Å². The van der Waals surface area contributed by atoms with Crippen molar-refractivity contribution >= 4 is 18.3 Å². The van der Waals surface area contributed by atoms with Crippen molar-refractivity contribution in [3.05, 3.63) is 0 Å². The number of halogens is 1. The molecule has 1 amide bonds. The van der Waals surface area contributed by atoms with E-state index in [2.05, 4.69) is 5.32 Å². The first kappa shape index (κ1) is 15.7. The molecular formula is C13H25ClN2O2. The Morgan fingerprint density at radius 1 is 1.22 bits per heavy atom. The third-order valence-electron chi connectivity index (χ3n) is 3.85. The van der Waals surface area contributed by atoms with Gasteiger partial charge in [0.2, 0.25) is 5.91 Å². The Kier molecular flexibility index (Phi) is 6.97. The summed E-state index contributed by atoms with van der Waals surface area (Å²) in [7, 11) is 0. The van der Waals surface area contributed by atoms with Gasteiger partial charge in [0, 0.05) is 25.1 Å². The molecule has 1 saturated carbocycles. The first-order valence-corrected chi connectivity index (χ1v) is 6.90. The van der Waals surface area contributed by atoms with Crippen LogP contribution in [0, 0.1) is 0 Å². The quantitative estimate of drug-likeness (QED) is 0.822. The Morgan fingerprint density at radius 3 is 2.56 bits per heavy atom. The number of carbonyl (C=O) groups is 1. The van der Waals surface area contributed by atoms with Gasteiger partial charge >= 0.3 is 0 Å². The SMILES string of the molecule is Cl.NC1CCC(NC(=O)CCC2CCCO2)CC1. The molecule has 5 heteroatoms. The number of hydrogen-bond acceptors (Lipinski definition) is 3. The normalized spacial score (nSPS) is 31.7. The van der Waals surface area contributed by atoms with Crippen LogP contribution in [0.3, 0.4) is 0 Å². The van der Waals surface area contributed by atoms with Crippen LogP contribution in [0.5, 0.6) is 0 Å². The topological polar surface area (TPSA) is 64.3 Å². The lowest BCUT2D eigenvalue weighted by Gasteiger charge is -2.26. The highest BCUT2D eigenvalue weighted by molar-refractivity contribution is 5.85. The van der Waals surface area contributed by atoms with Crippen molar-refractivity contribution < 1.29 is 9.53 Å². The van der Waals surface area contributed by atoms with Crippen LogP contribution in [0.4, 0.5) is 0 Å². The van der Waals surface area contributed by atoms with E-state index in [-0.39, 0.29) is 18.3 Å². The third kappa shape index (κ3) is 5.12. The minimum absolute atomic E-state index is 0. The van der Waals surface area contributed by atoms with Crippen molar-refractivity contribution in [1.29, 1.82) is 0 Å². The zero-order valence-electron chi connectivity index (χ0n) is 10.9. The maximum absolute atomic E-state index is 11.8. The summed E-state index contributed by atoms with van der Waals surface area (Å²) >= 11 is 0. The minimum atomic E-state index is 0. The molecule has 2 aliphatic rings. The highest BCUT2D eigenvalue weighted by Gasteiger charge is 2.21. The summed E-state index contributed by atoms with van der Waals surface area (Å²) in [5.74, 6) is 0.181. The van der Waals surface area contributed by atoms with Gasteiger partial charge in [-0.2, -0.15) is 0 Å². The van der Waals surface area contributed by atoms with Crippen LogP contribution in [0.25, 0.3) is 0 Å². The Bertz CT molecular complexity index is 249. The van der Waals surface area contributed by atoms with Gasteiger partial charge < -0.3 is 15.8 Å². The van der Waals surface area contributed by atoms with E-state index in [1.165, 1.54) is 0 Å². The van der Waals surface area contributed by atoms with Gasteiger partial charge in [-0.05, 0) is 44.9 Å². The molecule has 1 saturated heterocycles. The van der Waals surface area contributed by atoms with E-state index < -0.39 is 0 Å². The first-order valence-electron chi connectivity index (χ1n) is 6.90. The average molecular weight is 277 g/mol. The van der Waals surface area contributed by atoms with Gasteiger partial charge in [0.15, 0.2) is 0 Å². The molecule has 0 spiro atoms. The second-order valence-corrected chi connectivity index (χ2v) is 5.35. The van der Waals surface area contributed by atoms with Crippen LogP contribution in [0.2, 0.25) is 0 Å². The van der Waals surface area contributed by atoms with Crippen LogP contribution in [-0.2, 0) is 9.53 Å². The third-order valence-corrected chi connectivity index (χ3v) is 3.85. The van der Waals surface area contributed by atoms with E-state index >= 15 is 0 Å². The van der Waals surface area contributed by atoms with Gasteiger partial charge in [0.25, 0.3) is 0 Å². The largest absolute Gasteiger partial charge is 0.378 e. The van der Waals surface area contributed by atoms with Crippen molar-refractivity contribution in [2.45, 2.75) is 69.6 Å². The summed E-state index contributed by atoms with van der Waals surface area (Å²) < 4.78 is 5.51. The zero-order chi connectivity index (χ0) is 12.1. The molecule has 0 bridgehead atoms. The van der Waals surface area contributed by atoms with Crippen molar-refractivity contribution in [2.75, 3.05) is 6.61 Å². The zero-order valence-corrected chi connectivity index (χ0v) is 11.7. The Labute approximate surface area is 115 Å². The fourth-order valence-corrected chi connectivity index (χ4v) is 2.73. The van der Waals surface area contributed by atoms with Crippen molar-refractivity contribution in [2.24, 2.45) is 5.73 Å². The first-order chi connectivity index (χ1) is 8.24. The molecule has 1 aliphatic heterocycles. The molecule has 4 nitrogen and oxygen atoms in total. The smallest absolute Gasteiger partial charge is 0.220 e. The number of ether oxygens (including phenoxy) is 1. The summed E-state index contributed by atoms with van der Waals surface area (Å²) in [6.07, 6.45) is 8.21. The number of nitrogens with one attached hydrogen (secondary N) is 1. The fourth-order valence-electron chi connectivity index (χ4n) is 2.73. The predicted octanol–water partition coefficient (Wildman–Crippen LogP) is 1.75.